The smallest absolute Gasteiger partial charge is 0.189 e. The highest BCUT2D eigenvalue weighted by Gasteiger charge is 2.08. The number of fused-ring (bicyclic) bond motifs is 1. The molecular weight excluding hydrogens is 307 g/mol. The number of ether oxygens (including phenoxy) is 1. The molecule has 0 aliphatic carbocycles. The van der Waals surface area contributed by atoms with Crippen molar-refractivity contribution in [3.8, 4) is 5.75 Å². The number of aromatic nitrogens is 1. The van der Waals surface area contributed by atoms with Crippen LogP contribution in [0, 0.1) is 5.82 Å². The molecule has 124 valence electrons. The normalized spacial score (nSPS) is 11.2. The van der Waals surface area contributed by atoms with Gasteiger partial charge in [-0.25, -0.2) is 4.39 Å². The molecule has 0 unspecified atom stereocenters. The molecular formula is C19H19FN2O2. The van der Waals surface area contributed by atoms with E-state index in [1.807, 2.05) is 31.3 Å². The van der Waals surface area contributed by atoms with Crippen LogP contribution in [0.25, 0.3) is 10.9 Å². The van der Waals surface area contributed by atoms with Crippen LogP contribution in [0.1, 0.15) is 11.3 Å². The first kappa shape index (κ1) is 16.2. The van der Waals surface area contributed by atoms with Crippen LogP contribution in [0.5, 0.6) is 5.75 Å². The summed E-state index contributed by atoms with van der Waals surface area (Å²) < 4.78 is 19.1. The number of hydrogen-bond acceptors (Lipinski definition) is 3. The molecule has 1 aromatic heterocycles. The quantitative estimate of drug-likeness (QED) is 0.782. The van der Waals surface area contributed by atoms with Gasteiger partial charge in [0.25, 0.3) is 0 Å². The van der Waals surface area contributed by atoms with E-state index in [1.54, 1.807) is 19.2 Å². The highest BCUT2D eigenvalue weighted by molar-refractivity contribution is 5.78. The van der Waals surface area contributed by atoms with Crippen LogP contribution in [0.2, 0.25) is 0 Å². The van der Waals surface area contributed by atoms with Crippen molar-refractivity contribution in [3.63, 3.8) is 0 Å². The van der Waals surface area contributed by atoms with E-state index in [9.17, 15) is 9.18 Å². The van der Waals surface area contributed by atoms with Gasteiger partial charge in [0, 0.05) is 30.2 Å². The summed E-state index contributed by atoms with van der Waals surface area (Å²) in [5, 5.41) is 0.372. The predicted octanol–water partition coefficient (Wildman–Crippen LogP) is 3.31. The van der Waals surface area contributed by atoms with Crippen LogP contribution in [-0.2, 0) is 13.1 Å². The first-order valence-electron chi connectivity index (χ1n) is 7.68. The maximum absolute atomic E-state index is 13.9. The Morgan fingerprint density at radius 2 is 1.88 bits per heavy atom. The van der Waals surface area contributed by atoms with E-state index < -0.39 is 5.82 Å². The lowest BCUT2D eigenvalue weighted by atomic mass is 10.1. The van der Waals surface area contributed by atoms with E-state index in [1.165, 1.54) is 12.1 Å². The summed E-state index contributed by atoms with van der Waals surface area (Å²) in [5.74, 6) is 0.403. The summed E-state index contributed by atoms with van der Waals surface area (Å²) in [5.41, 5.74) is 1.91. The number of nitrogens with one attached hydrogen (secondary N) is 1. The van der Waals surface area contributed by atoms with Gasteiger partial charge < -0.3 is 9.72 Å². The number of benzene rings is 2. The minimum atomic E-state index is -0.413. The number of para-hydroxylation sites is 1. The van der Waals surface area contributed by atoms with Gasteiger partial charge in [0.15, 0.2) is 5.43 Å². The van der Waals surface area contributed by atoms with E-state index in [0.29, 0.717) is 24.2 Å². The summed E-state index contributed by atoms with van der Waals surface area (Å²) in [6.45, 7) is 1.23. The largest absolute Gasteiger partial charge is 0.497 e. The third kappa shape index (κ3) is 3.46. The van der Waals surface area contributed by atoms with Crippen molar-refractivity contribution >= 4 is 10.9 Å². The molecule has 0 aliphatic rings. The Balaban J connectivity index is 1.78. The number of nitrogens with zero attached hydrogens (tertiary/aromatic N) is 1. The molecule has 3 rings (SSSR count). The van der Waals surface area contributed by atoms with Crippen LogP contribution >= 0.6 is 0 Å². The maximum Gasteiger partial charge on any atom is 0.189 e. The zero-order valence-electron chi connectivity index (χ0n) is 13.7. The van der Waals surface area contributed by atoms with Gasteiger partial charge in [-0.05, 0) is 36.9 Å². The Kier molecular flexibility index (Phi) is 4.62. The average Bonchev–Trinajstić information content (AvgIpc) is 2.56. The Hall–Kier alpha value is -2.66. The van der Waals surface area contributed by atoms with Crippen LogP contribution in [-0.4, -0.2) is 24.0 Å². The summed E-state index contributed by atoms with van der Waals surface area (Å²) >= 11 is 0. The van der Waals surface area contributed by atoms with Crippen LogP contribution < -0.4 is 10.2 Å². The SMILES string of the molecule is COc1ccc(CN(C)Cc2cc(=O)c3cccc(F)c3[nH]2)cc1. The number of H-pyrrole nitrogens is 1. The minimum absolute atomic E-state index is 0.170. The zero-order valence-corrected chi connectivity index (χ0v) is 13.7. The minimum Gasteiger partial charge on any atom is -0.497 e. The lowest BCUT2D eigenvalue weighted by Crippen LogP contribution is -2.19. The third-order valence-electron chi connectivity index (χ3n) is 3.92. The number of aromatic amines is 1. The molecule has 0 spiro atoms. The molecule has 0 amide bonds. The van der Waals surface area contributed by atoms with E-state index in [0.717, 1.165) is 11.3 Å². The summed E-state index contributed by atoms with van der Waals surface area (Å²) in [4.78, 5) is 17.2. The van der Waals surface area contributed by atoms with Crippen molar-refractivity contribution in [2.24, 2.45) is 0 Å². The molecule has 5 heteroatoms. The molecule has 0 saturated heterocycles. The second-order valence-corrected chi connectivity index (χ2v) is 5.84. The number of methoxy groups -OCH3 is 1. The van der Waals surface area contributed by atoms with E-state index in [2.05, 4.69) is 9.88 Å². The fourth-order valence-corrected chi connectivity index (χ4v) is 2.76. The number of rotatable bonds is 5. The van der Waals surface area contributed by atoms with E-state index in [-0.39, 0.29) is 10.9 Å². The standard InChI is InChI=1S/C19H19FN2O2/c1-22(11-13-6-8-15(24-2)9-7-13)12-14-10-18(23)16-4-3-5-17(20)19(16)21-14/h3-10H,11-12H2,1-2H3,(H,21,23). The highest BCUT2D eigenvalue weighted by Crippen LogP contribution is 2.15. The van der Waals surface area contributed by atoms with Crippen molar-refractivity contribution < 1.29 is 9.13 Å². The van der Waals surface area contributed by atoms with Crippen molar-refractivity contribution in [3.05, 3.63) is 75.8 Å². The molecule has 0 fully saturated rings. The molecule has 0 atom stereocenters. The second kappa shape index (κ2) is 6.84. The Labute approximate surface area is 139 Å². The van der Waals surface area contributed by atoms with Crippen molar-refractivity contribution in [1.82, 2.24) is 9.88 Å². The van der Waals surface area contributed by atoms with Crippen molar-refractivity contribution in [1.29, 1.82) is 0 Å². The van der Waals surface area contributed by atoms with Gasteiger partial charge in [0.1, 0.15) is 11.6 Å². The lowest BCUT2D eigenvalue weighted by molar-refractivity contribution is 0.315. The van der Waals surface area contributed by atoms with Crippen LogP contribution in [0.3, 0.4) is 0 Å². The van der Waals surface area contributed by atoms with Crippen LogP contribution in [0.4, 0.5) is 4.39 Å². The molecule has 24 heavy (non-hydrogen) atoms. The molecule has 1 N–H and O–H groups in total. The first-order chi connectivity index (χ1) is 11.6. The molecule has 1 heterocycles. The molecule has 0 aliphatic heterocycles. The summed E-state index contributed by atoms with van der Waals surface area (Å²) in [6, 6.07) is 13.9. The van der Waals surface area contributed by atoms with Gasteiger partial charge in [0.05, 0.1) is 12.6 Å². The second-order valence-electron chi connectivity index (χ2n) is 5.84. The van der Waals surface area contributed by atoms with Gasteiger partial charge in [0.2, 0.25) is 0 Å². The third-order valence-corrected chi connectivity index (χ3v) is 3.92. The molecule has 3 aromatic rings. The van der Waals surface area contributed by atoms with Gasteiger partial charge in [-0.1, -0.05) is 18.2 Å². The Morgan fingerprint density at radius 1 is 1.12 bits per heavy atom. The van der Waals surface area contributed by atoms with Gasteiger partial charge in [-0.2, -0.15) is 0 Å². The summed E-state index contributed by atoms with van der Waals surface area (Å²) in [6.07, 6.45) is 0. The van der Waals surface area contributed by atoms with E-state index in [4.69, 9.17) is 4.74 Å². The predicted molar refractivity (Wildman–Crippen MR) is 92.7 cm³/mol. The zero-order chi connectivity index (χ0) is 17.1. The average molecular weight is 326 g/mol. The molecule has 4 nitrogen and oxygen atoms in total. The number of hydrogen-bond donors (Lipinski definition) is 1. The summed E-state index contributed by atoms with van der Waals surface area (Å²) in [7, 11) is 3.59. The Bertz CT molecular complexity index is 903. The van der Waals surface area contributed by atoms with Gasteiger partial charge in [-0.3, -0.25) is 9.69 Å². The molecule has 0 saturated carbocycles. The van der Waals surface area contributed by atoms with Crippen LogP contribution in [0.15, 0.2) is 53.3 Å². The molecule has 2 aromatic carbocycles. The van der Waals surface area contributed by atoms with Crippen molar-refractivity contribution in [2.75, 3.05) is 14.2 Å². The van der Waals surface area contributed by atoms with Crippen molar-refractivity contribution in [2.45, 2.75) is 13.1 Å². The fourth-order valence-electron chi connectivity index (χ4n) is 2.76. The molecule has 0 bridgehead atoms. The number of pyridine rings is 1. The van der Waals surface area contributed by atoms with Gasteiger partial charge in [-0.15, -0.1) is 0 Å². The fraction of sp³-hybridized carbons (Fsp3) is 0.211. The first-order valence-corrected chi connectivity index (χ1v) is 7.68. The molecule has 0 radical (unpaired) electrons. The maximum atomic E-state index is 13.9. The van der Waals surface area contributed by atoms with E-state index >= 15 is 0 Å². The monoisotopic (exact) mass is 326 g/mol. The van der Waals surface area contributed by atoms with Gasteiger partial charge >= 0.3 is 0 Å². The lowest BCUT2D eigenvalue weighted by Gasteiger charge is -2.17. The Morgan fingerprint density at radius 3 is 2.58 bits per heavy atom. The topological polar surface area (TPSA) is 45.3 Å². The number of halogens is 1. The highest BCUT2D eigenvalue weighted by atomic mass is 19.1.